The highest BCUT2D eigenvalue weighted by molar-refractivity contribution is 5.79. The van der Waals surface area contributed by atoms with Crippen molar-refractivity contribution in [2.45, 2.75) is 52.9 Å². The lowest BCUT2D eigenvalue weighted by Crippen LogP contribution is -2.39. The summed E-state index contributed by atoms with van der Waals surface area (Å²) in [6, 6.07) is 4.23. The molecule has 0 saturated carbocycles. The van der Waals surface area contributed by atoms with Gasteiger partial charge in [0.05, 0.1) is 5.69 Å². The molecule has 0 aromatic carbocycles. The molecule has 0 N–H and O–H groups in total. The van der Waals surface area contributed by atoms with Gasteiger partial charge in [0.15, 0.2) is 0 Å². The summed E-state index contributed by atoms with van der Waals surface area (Å²) in [6.45, 7) is 8.13. The van der Waals surface area contributed by atoms with E-state index in [1.807, 2.05) is 0 Å². The first-order chi connectivity index (χ1) is 11.1. The maximum Gasteiger partial charge on any atom is 0.226 e. The number of pyridine rings is 1. The van der Waals surface area contributed by atoms with Gasteiger partial charge in [-0.05, 0) is 50.3 Å². The maximum absolute atomic E-state index is 12.9. The molecule has 2 heterocycles. The third-order valence-corrected chi connectivity index (χ3v) is 4.78. The third kappa shape index (κ3) is 3.12. The standard InChI is InChI=1S/C19H27N3O/c1-4-9-21(10-5-2)19(23)15-6-7-16-17(13-15)22-11-8-14(3)12-18(22)20-16/h8,11-12,15H,4-7,9-10,13H2,1-3H3. The van der Waals surface area contributed by atoms with Crippen molar-refractivity contribution in [3.63, 3.8) is 0 Å². The normalized spacial score (nSPS) is 17.3. The van der Waals surface area contributed by atoms with Crippen LogP contribution in [0, 0.1) is 12.8 Å². The molecule has 0 spiro atoms. The summed E-state index contributed by atoms with van der Waals surface area (Å²) in [5.41, 5.74) is 4.65. The largest absolute Gasteiger partial charge is 0.342 e. The van der Waals surface area contributed by atoms with Crippen molar-refractivity contribution in [1.82, 2.24) is 14.3 Å². The van der Waals surface area contributed by atoms with E-state index in [4.69, 9.17) is 4.98 Å². The van der Waals surface area contributed by atoms with E-state index in [2.05, 4.69) is 48.4 Å². The average Bonchev–Trinajstić information content (AvgIpc) is 2.90. The van der Waals surface area contributed by atoms with Gasteiger partial charge in [0, 0.05) is 37.3 Å². The minimum absolute atomic E-state index is 0.113. The van der Waals surface area contributed by atoms with Gasteiger partial charge in [0.25, 0.3) is 0 Å². The highest BCUT2D eigenvalue weighted by Crippen LogP contribution is 2.28. The van der Waals surface area contributed by atoms with Crippen LogP contribution in [0.4, 0.5) is 0 Å². The van der Waals surface area contributed by atoms with Crippen molar-refractivity contribution in [3.05, 3.63) is 35.3 Å². The van der Waals surface area contributed by atoms with Crippen LogP contribution in [-0.2, 0) is 17.6 Å². The van der Waals surface area contributed by atoms with E-state index in [1.54, 1.807) is 0 Å². The summed E-state index contributed by atoms with van der Waals surface area (Å²) in [4.78, 5) is 19.7. The van der Waals surface area contributed by atoms with Gasteiger partial charge in [0.2, 0.25) is 5.91 Å². The lowest BCUT2D eigenvalue weighted by Gasteiger charge is -2.29. The second-order valence-electron chi connectivity index (χ2n) is 6.70. The van der Waals surface area contributed by atoms with E-state index in [9.17, 15) is 4.79 Å². The first-order valence-electron chi connectivity index (χ1n) is 8.89. The van der Waals surface area contributed by atoms with Crippen LogP contribution in [0.15, 0.2) is 18.3 Å². The van der Waals surface area contributed by atoms with Crippen LogP contribution in [0.25, 0.3) is 5.65 Å². The number of carbonyl (C=O) groups excluding carboxylic acids is 1. The molecule has 2 aromatic rings. The smallest absolute Gasteiger partial charge is 0.226 e. The molecule has 4 heteroatoms. The summed E-state index contributed by atoms with van der Waals surface area (Å²) >= 11 is 0. The Kier molecular flexibility index (Phi) is 4.69. The number of hydrogen-bond acceptors (Lipinski definition) is 2. The first kappa shape index (κ1) is 16.0. The quantitative estimate of drug-likeness (QED) is 0.848. The predicted octanol–water partition coefficient (Wildman–Crippen LogP) is 3.40. The van der Waals surface area contributed by atoms with Crippen molar-refractivity contribution < 1.29 is 4.79 Å². The second kappa shape index (κ2) is 6.73. The third-order valence-electron chi connectivity index (χ3n) is 4.78. The molecule has 3 rings (SSSR count). The van der Waals surface area contributed by atoms with Gasteiger partial charge in [-0.3, -0.25) is 4.79 Å². The van der Waals surface area contributed by atoms with Gasteiger partial charge in [-0.2, -0.15) is 0 Å². The zero-order valence-corrected chi connectivity index (χ0v) is 14.5. The molecule has 1 unspecified atom stereocenters. The number of aromatic nitrogens is 2. The number of rotatable bonds is 5. The topological polar surface area (TPSA) is 37.6 Å². The molecule has 124 valence electrons. The van der Waals surface area contributed by atoms with E-state index in [1.165, 1.54) is 17.0 Å². The SMILES string of the molecule is CCCN(CCC)C(=O)C1CCc2nc3cc(C)ccn3c2C1. The van der Waals surface area contributed by atoms with E-state index in [-0.39, 0.29) is 5.92 Å². The number of amides is 1. The van der Waals surface area contributed by atoms with E-state index >= 15 is 0 Å². The highest BCUT2D eigenvalue weighted by atomic mass is 16.2. The molecule has 4 nitrogen and oxygen atoms in total. The van der Waals surface area contributed by atoms with E-state index < -0.39 is 0 Å². The molecule has 1 aliphatic rings. The van der Waals surface area contributed by atoms with Crippen molar-refractivity contribution in [1.29, 1.82) is 0 Å². The number of fused-ring (bicyclic) bond motifs is 3. The van der Waals surface area contributed by atoms with Crippen molar-refractivity contribution in [3.8, 4) is 0 Å². The molecule has 0 radical (unpaired) electrons. The predicted molar refractivity (Wildman–Crippen MR) is 92.6 cm³/mol. The fourth-order valence-corrected chi connectivity index (χ4v) is 3.65. The second-order valence-corrected chi connectivity index (χ2v) is 6.70. The van der Waals surface area contributed by atoms with Crippen LogP contribution >= 0.6 is 0 Å². The fraction of sp³-hybridized carbons (Fsp3) is 0.579. The van der Waals surface area contributed by atoms with Crippen LogP contribution < -0.4 is 0 Å². The number of aryl methyl sites for hydroxylation is 2. The van der Waals surface area contributed by atoms with Crippen molar-refractivity contribution in [2.24, 2.45) is 5.92 Å². The molecule has 1 atom stereocenters. The Morgan fingerprint density at radius 2 is 2.09 bits per heavy atom. The zero-order chi connectivity index (χ0) is 16.4. The molecule has 23 heavy (non-hydrogen) atoms. The van der Waals surface area contributed by atoms with E-state index in [0.717, 1.165) is 50.8 Å². The Bertz CT molecular complexity index is 698. The molecule has 1 aliphatic carbocycles. The van der Waals surface area contributed by atoms with Gasteiger partial charge >= 0.3 is 0 Å². The van der Waals surface area contributed by atoms with Gasteiger partial charge in [0.1, 0.15) is 5.65 Å². The molecule has 1 amide bonds. The lowest BCUT2D eigenvalue weighted by molar-refractivity contribution is -0.136. The number of carbonyl (C=O) groups is 1. The van der Waals surface area contributed by atoms with Crippen LogP contribution in [0.3, 0.4) is 0 Å². The summed E-state index contributed by atoms with van der Waals surface area (Å²) in [5.74, 6) is 0.447. The highest BCUT2D eigenvalue weighted by Gasteiger charge is 2.30. The first-order valence-corrected chi connectivity index (χ1v) is 8.89. The molecule has 2 aromatic heterocycles. The Balaban J connectivity index is 1.84. The number of nitrogens with zero attached hydrogens (tertiary/aromatic N) is 3. The zero-order valence-electron chi connectivity index (χ0n) is 14.5. The summed E-state index contributed by atoms with van der Waals surface area (Å²) in [7, 11) is 0. The Labute approximate surface area is 138 Å². The van der Waals surface area contributed by atoms with Crippen LogP contribution in [-0.4, -0.2) is 33.3 Å². The minimum atomic E-state index is 0.113. The molecule has 0 aliphatic heterocycles. The van der Waals surface area contributed by atoms with Crippen molar-refractivity contribution in [2.75, 3.05) is 13.1 Å². The number of imidazole rings is 1. The van der Waals surface area contributed by atoms with Gasteiger partial charge in [-0.15, -0.1) is 0 Å². The molecule has 0 fully saturated rings. The average molecular weight is 313 g/mol. The van der Waals surface area contributed by atoms with Crippen molar-refractivity contribution >= 4 is 11.6 Å². The molecule has 0 saturated heterocycles. The fourth-order valence-electron chi connectivity index (χ4n) is 3.65. The van der Waals surface area contributed by atoms with Crippen LogP contribution in [0.5, 0.6) is 0 Å². The maximum atomic E-state index is 12.9. The molecular weight excluding hydrogens is 286 g/mol. The van der Waals surface area contributed by atoms with E-state index in [0.29, 0.717) is 5.91 Å². The van der Waals surface area contributed by atoms with Gasteiger partial charge in [-0.25, -0.2) is 4.98 Å². The van der Waals surface area contributed by atoms with Gasteiger partial charge in [-0.1, -0.05) is 13.8 Å². The number of hydrogen-bond donors (Lipinski definition) is 0. The monoisotopic (exact) mass is 313 g/mol. The Hall–Kier alpha value is -1.84. The summed E-state index contributed by atoms with van der Waals surface area (Å²) in [5, 5.41) is 0. The summed E-state index contributed by atoms with van der Waals surface area (Å²) < 4.78 is 2.17. The Morgan fingerprint density at radius 1 is 1.35 bits per heavy atom. The minimum Gasteiger partial charge on any atom is -0.342 e. The molecular formula is C19H27N3O. The lowest BCUT2D eigenvalue weighted by atomic mass is 9.88. The Morgan fingerprint density at radius 3 is 2.78 bits per heavy atom. The van der Waals surface area contributed by atoms with Crippen LogP contribution in [0.1, 0.15) is 50.1 Å². The summed E-state index contributed by atoms with van der Waals surface area (Å²) in [6.07, 6.45) is 6.82. The van der Waals surface area contributed by atoms with Crippen LogP contribution in [0.2, 0.25) is 0 Å². The molecule has 0 bridgehead atoms. The van der Waals surface area contributed by atoms with Gasteiger partial charge < -0.3 is 9.30 Å².